The van der Waals surface area contributed by atoms with E-state index < -0.39 is 0 Å². The summed E-state index contributed by atoms with van der Waals surface area (Å²) < 4.78 is 0. The Morgan fingerprint density at radius 3 is 1.05 bits per heavy atom. The third-order valence-corrected chi connectivity index (χ3v) is 12.1. The molecule has 7 aromatic rings. The Bertz CT molecular complexity index is 2550. The fourth-order valence-electron chi connectivity index (χ4n) is 9.50. The minimum atomic E-state index is 0.176. The van der Waals surface area contributed by atoms with Gasteiger partial charge in [0.15, 0.2) is 0 Å². The van der Waals surface area contributed by atoms with E-state index >= 15 is 0 Å². The molecule has 2 aliphatic carbocycles. The molecule has 0 saturated heterocycles. The van der Waals surface area contributed by atoms with Crippen LogP contribution in [-0.4, -0.2) is 12.1 Å². The van der Waals surface area contributed by atoms with Crippen molar-refractivity contribution in [3.8, 4) is 44.5 Å². The summed E-state index contributed by atoms with van der Waals surface area (Å²) in [4.78, 5) is 5.27. The monoisotopic (exact) mass is 716 g/mol. The first-order chi connectivity index (χ1) is 27.8. The van der Waals surface area contributed by atoms with Crippen LogP contribution >= 0.6 is 0 Å². The molecule has 0 fully saturated rings. The average molecular weight is 717 g/mol. The molecule has 0 aromatic heterocycles. The Morgan fingerprint density at radius 2 is 0.625 bits per heavy atom. The fourth-order valence-corrected chi connectivity index (χ4v) is 9.50. The number of anilines is 4. The molecule has 0 saturated carbocycles. The quantitative estimate of drug-likeness (QED) is 0.169. The molecular formula is C54H40N2. The second-order valence-electron chi connectivity index (χ2n) is 15.2. The van der Waals surface area contributed by atoms with Crippen molar-refractivity contribution >= 4 is 22.7 Å². The second-order valence-corrected chi connectivity index (χ2v) is 15.2. The zero-order valence-corrected chi connectivity index (χ0v) is 31.0. The summed E-state index contributed by atoms with van der Waals surface area (Å²) in [6, 6.07) is 62.8. The van der Waals surface area contributed by atoms with Gasteiger partial charge in [0, 0.05) is 23.2 Å². The number of nitrogens with zero attached hydrogens (tertiary/aromatic N) is 2. The molecule has 0 radical (unpaired) electrons. The highest BCUT2D eigenvalue weighted by Crippen LogP contribution is 2.59. The highest BCUT2D eigenvalue weighted by molar-refractivity contribution is 5.95. The van der Waals surface area contributed by atoms with Crippen LogP contribution in [0, 0.1) is 0 Å². The lowest BCUT2D eigenvalue weighted by molar-refractivity contribution is 0.737. The van der Waals surface area contributed by atoms with Gasteiger partial charge in [0.2, 0.25) is 0 Å². The van der Waals surface area contributed by atoms with Crippen molar-refractivity contribution in [1.29, 1.82) is 0 Å². The predicted molar refractivity (Wildman–Crippen MR) is 235 cm³/mol. The van der Waals surface area contributed by atoms with Gasteiger partial charge in [-0.3, -0.25) is 0 Å². The summed E-state index contributed by atoms with van der Waals surface area (Å²) in [7, 11) is 0. The van der Waals surface area contributed by atoms with E-state index in [0.29, 0.717) is 0 Å². The van der Waals surface area contributed by atoms with Crippen LogP contribution in [0.4, 0.5) is 22.7 Å². The summed E-state index contributed by atoms with van der Waals surface area (Å²) in [6.07, 6.45) is 18.5. The van der Waals surface area contributed by atoms with Crippen LogP contribution in [0.25, 0.3) is 44.5 Å². The van der Waals surface area contributed by atoms with E-state index in [9.17, 15) is 0 Å². The first-order valence-electron chi connectivity index (χ1n) is 19.8. The molecule has 11 rings (SSSR count). The average Bonchev–Trinajstić information content (AvgIpc) is 3.80. The molecule has 266 valence electrons. The van der Waals surface area contributed by atoms with E-state index in [-0.39, 0.29) is 23.9 Å². The highest BCUT2D eigenvalue weighted by atomic mass is 15.3. The molecule has 56 heavy (non-hydrogen) atoms. The number of hydrogen-bond donors (Lipinski definition) is 0. The summed E-state index contributed by atoms with van der Waals surface area (Å²) in [5.41, 5.74) is 17.6. The summed E-state index contributed by atoms with van der Waals surface area (Å²) in [5, 5.41) is 0. The normalized spacial score (nSPS) is 19.8. The van der Waals surface area contributed by atoms with Gasteiger partial charge in [-0.1, -0.05) is 182 Å². The molecule has 0 bridgehead atoms. The van der Waals surface area contributed by atoms with Gasteiger partial charge in [0.05, 0.1) is 23.5 Å². The molecule has 0 spiro atoms. The van der Waals surface area contributed by atoms with Gasteiger partial charge in [-0.25, -0.2) is 0 Å². The second kappa shape index (κ2) is 13.4. The Hall–Kier alpha value is -6.90. The predicted octanol–water partition coefficient (Wildman–Crippen LogP) is 13.8. The molecule has 7 aromatic carbocycles. The van der Waals surface area contributed by atoms with Gasteiger partial charge < -0.3 is 9.80 Å². The van der Waals surface area contributed by atoms with Crippen LogP contribution in [0.15, 0.2) is 218 Å². The number of benzene rings is 7. The minimum absolute atomic E-state index is 0.176. The molecule has 2 heteroatoms. The first-order valence-corrected chi connectivity index (χ1v) is 19.8. The van der Waals surface area contributed by atoms with Gasteiger partial charge in [0.25, 0.3) is 0 Å². The molecule has 0 amide bonds. The van der Waals surface area contributed by atoms with Gasteiger partial charge in [-0.05, 0) is 92.0 Å². The van der Waals surface area contributed by atoms with Gasteiger partial charge >= 0.3 is 0 Å². The Labute approximate surface area is 329 Å². The maximum absolute atomic E-state index is 2.63. The highest BCUT2D eigenvalue weighted by Gasteiger charge is 2.46. The van der Waals surface area contributed by atoms with Crippen LogP contribution in [0.3, 0.4) is 0 Å². The van der Waals surface area contributed by atoms with Crippen molar-refractivity contribution < 1.29 is 0 Å². The Morgan fingerprint density at radius 1 is 0.286 bits per heavy atom. The van der Waals surface area contributed by atoms with Crippen molar-refractivity contribution in [3.05, 3.63) is 230 Å². The van der Waals surface area contributed by atoms with Gasteiger partial charge in [-0.2, -0.15) is 0 Å². The lowest BCUT2D eigenvalue weighted by atomic mass is 9.88. The zero-order chi connectivity index (χ0) is 37.0. The summed E-state index contributed by atoms with van der Waals surface area (Å²) >= 11 is 0. The zero-order valence-electron chi connectivity index (χ0n) is 31.0. The third kappa shape index (κ3) is 5.40. The molecule has 4 unspecified atom stereocenters. The van der Waals surface area contributed by atoms with Crippen molar-refractivity contribution in [2.75, 3.05) is 9.80 Å². The lowest BCUT2D eigenvalue weighted by Gasteiger charge is -2.34. The van der Waals surface area contributed by atoms with Crippen LogP contribution < -0.4 is 9.80 Å². The maximum atomic E-state index is 2.63. The van der Waals surface area contributed by atoms with E-state index in [1.807, 2.05) is 0 Å². The largest absolute Gasteiger partial charge is 0.332 e. The van der Waals surface area contributed by atoms with Crippen LogP contribution in [0.1, 0.15) is 23.0 Å². The molecule has 2 heterocycles. The van der Waals surface area contributed by atoms with Crippen molar-refractivity contribution in [1.82, 2.24) is 0 Å². The number of hydrogen-bond acceptors (Lipinski definition) is 2. The maximum Gasteiger partial charge on any atom is 0.0700 e. The summed E-state index contributed by atoms with van der Waals surface area (Å²) in [6.45, 7) is 0. The molecule has 2 aliphatic heterocycles. The number of rotatable bonds is 6. The third-order valence-electron chi connectivity index (χ3n) is 12.1. The Balaban J connectivity index is 1.05. The van der Waals surface area contributed by atoms with E-state index in [1.165, 1.54) is 78.4 Å². The van der Waals surface area contributed by atoms with Crippen LogP contribution in [0.5, 0.6) is 0 Å². The first kappa shape index (κ1) is 32.5. The molecular weight excluding hydrogens is 677 g/mol. The van der Waals surface area contributed by atoms with Gasteiger partial charge in [-0.15, -0.1) is 0 Å². The smallest absolute Gasteiger partial charge is 0.0700 e. The van der Waals surface area contributed by atoms with Crippen LogP contribution in [-0.2, 0) is 0 Å². The SMILES string of the molecule is C1=CC2c3ccc4c(c3N(c3cccc(-c5cccc(-c6ccccc6)c5)c3)C2C=C1)N(c1cccc(-c2cccc(-c3ccccc3)c2)c1)C1C=CC=CC41. The van der Waals surface area contributed by atoms with Gasteiger partial charge in [0.1, 0.15) is 0 Å². The lowest BCUT2D eigenvalue weighted by Crippen LogP contribution is -2.31. The molecule has 0 N–H and O–H groups in total. The summed E-state index contributed by atoms with van der Waals surface area (Å²) in [5.74, 6) is 0.515. The van der Waals surface area contributed by atoms with E-state index in [4.69, 9.17) is 0 Å². The van der Waals surface area contributed by atoms with E-state index in [0.717, 1.165) is 0 Å². The molecule has 2 nitrogen and oxygen atoms in total. The fraction of sp³-hybridized carbons (Fsp3) is 0.0741. The molecule has 4 atom stereocenters. The van der Waals surface area contributed by atoms with E-state index in [1.54, 1.807) is 0 Å². The van der Waals surface area contributed by atoms with Crippen molar-refractivity contribution in [3.63, 3.8) is 0 Å². The minimum Gasteiger partial charge on any atom is -0.332 e. The molecule has 4 aliphatic rings. The topological polar surface area (TPSA) is 6.48 Å². The number of allylic oxidation sites excluding steroid dienone is 4. The number of fused-ring (bicyclic) bond motifs is 7. The van der Waals surface area contributed by atoms with Crippen molar-refractivity contribution in [2.45, 2.75) is 23.9 Å². The standard InChI is InChI=1S/C54H40N2/c1-3-15-37(16-4-1)39-19-11-21-41(33-39)43-23-13-25-45(35-43)55-51-29-9-7-27-47(51)49-31-32-50-48-28-8-10-30-52(48)56(54(50)53(49)55)46-26-14-24-44(36-46)42-22-12-20-40(34-42)38-17-5-2-6-18-38/h1-36,47-48,51-52H. The van der Waals surface area contributed by atoms with E-state index in [2.05, 4.69) is 228 Å². The van der Waals surface area contributed by atoms with Crippen molar-refractivity contribution in [2.24, 2.45) is 0 Å². The van der Waals surface area contributed by atoms with Crippen LogP contribution in [0.2, 0.25) is 0 Å². The Kier molecular flexibility index (Phi) is 7.81.